The molecule has 0 aliphatic carbocycles. The van der Waals surface area contributed by atoms with Crippen molar-refractivity contribution in [3.63, 3.8) is 0 Å². The molecule has 4 aromatic rings. The molecule has 2 N–H and O–H groups in total. The van der Waals surface area contributed by atoms with Crippen LogP contribution in [0, 0.1) is 5.82 Å². The number of aromatic nitrogens is 3. The van der Waals surface area contributed by atoms with E-state index in [0.29, 0.717) is 11.3 Å². The molecule has 0 unspecified atom stereocenters. The van der Waals surface area contributed by atoms with Crippen LogP contribution >= 0.6 is 0 Å². The van der Waals surface area contributed by atoms with Crippen LogP contribution in [0.2, 0.25) is 0 Å². The largest absolute Gasteiger partial charge is 0.361 e. The summed E-state index contributed by atoms with van der Waals surface area (Å²) in [7, 11) is 0. The summed E-state index contributed by atoms with van der Waals surface area (Å²) in [5, 5.41) is 3.63. The fraction of sp³-hybridized carbons (Fsp3) is 0.0588. The Balaban J connectivity index is 1.54. The number of amides is 1. The number of carbonyl (C=O) groups is 1. The van der Waals surface area contributed by atoms with Gasteiger partial charge in [0.2, 0.25) is 5.91 Å². The van der Waals surface area contributed by atoms with Crippen LogP contribution in [0.15, 0.2) is 55.0 Å². The van der Waals surface area contributed by atoms with Gasteiger partial charge >= 0.3 is 0 Å². The first-order chi connectivity index (χ1) is 11.2. The van der Waals surface area contributed by atoms with Crippen molar-refractivity contribution in [2.24, 2.45) is 0 Å². The fourth-order valence-corrected chi connectivity index (χ4v) is 2.66. The Morgan fingerprint density at radius 3 is 3.09 bits per heavy atom. The molecule has 0 fully saturated rings. The second kappa shape index (κ2) is 5.24. The van der Waals surface area contributed by atoms with Crippen LogP contribution in [-0.4, -0.2) is 20.3 Å². The van der Waals surface area contributed by atoms with E-state index in [1.165, 1.54) is 12.1 Å². The zero-order valence-corrected chi connectivity index (χ0v) is 12.1. The Bertz CT molecular complexity index is 985. The van der Waals surface area contributed by atoms with Crippen LogP contribution in [0.25, 0.3) is 16.6 Å². The van der Waals surface area contributed by atoms with Crippen LogP contribution in [0.1, 0.15) is 5.56 Å². The molecule has 6 heteroatoms. The minimum atomic E-state index is -0.306. The van der Waals surface area contributed by atoms with Gasteiger partial charge < -0.3 is 14.7 Å². The molecule has 0 bridgehead atoms. The maximum absolute atomic E-state index is 13.2. The number of benzene rings is 1. The van der Waals surface area contributed by atoms with Crippen LogP contribution in [0.5, 0.6) is 0 Å². The van der Waals surface area contributed by atoms with E-state index >= 15 is 0 Å². The number of carbonyl (C=O) groups excluding carboxylic acids is 1. The highest BCUT2D eigenvalue weighted by Gasteiger charge is 2.11. The molecular formula is C17H13FN4O. The molecule has 0 radical (unpaired) electrons. The third-order valence-electron chi connectivity index (χ3n) is 3.71. The van der Waals surface area contributed by atoms with E-state index in [0.717, 1.165) is 16.6 Å². The summed E-state index contributed by atoms with van der Waals surface area (Å²) in [6, 6.07) is 10.1. The Hall–Kier alpha value is -3.15. The molecule has 0 spiro atoms. The number of imidazole rings is 1. The lowest BCUT2D eigenvalue weighted by atomic mass is 10.1. The zero-order valence-electron chi connectivity index (χ0n) is 12.1. The van der Waals surface area contributed by atoms with Gasteiger partial charge in [-0.25, -0.2) is 9.37 Å². The first-order valence-corrected chi connectivity index (χ1v) is 7.18. The van der Waals surface area contributed by atoms with Gasteiger partial charge in [0, 0.05) is 23.3 Å². The lowest BCUT2D eigenvalue weighted by Gasteiger charge is -2.01. The van der Waals surface area contributed by atoms with Crippen molar-refractivity contribution in [3.05, 3.63) is 66.4 Å². The second-order valence-corrected chi connectivity index (χ2v) is 5.32. The van der Waals surface area contributed by atoms with Crippen molar-refractivity contribution in [1.82, 2.24) is 14.4 Å². The Labute approximate surface area is 130 Å². The second-order valence-electron chi connectivity index (χ2n) is 5.32. The van der Waals surface area contributed by atoms with Crippen molar-refractivity contribution in [2.75, 3.05) is 5.32 Å². The van der Waals surface area contributed by atoms with Gasteiger partial charge in [0.1, 0.15) is 11.5 Å². The predicted molar refractivity (Wildman–Crippen MR) is 85.8 cm³/mol. The number of aromatic amines is 1. The number of nitrogens with zero attached hydrogens (tertiary/aromatic N) is 2. The van der Waals surface area contributed by atoms with Gasteiger partial charge in [-0.2, -0.15) is 0 Å². The molecule has 4 rings (SSSR count). The van der Waals surface area contributed by atoms with Crippen LogP contribution < -0.4 is 5.32 Å². The van der Waals surface area contributed by atoms with Crippen molar-refractivity contribution >= 4 is 28.3 Å². The molecule has 0 aliphatic rings. The highest BCUT2D eigenvalue weighted by molar-refractivity contribution is 5.95. The average Bonchev–Trinajstić information content (AvgIpc) is 3.10. The van der Waals surface area contributed by atoms with Gasteiger partial charge in [0.15, 0.2) is 5.82 Å². The maximum atomic E-state index is 13.2. The molecule has 0 saturated carbocycles. The first-order valence-electron chi connectivity index (χ1n) is 7.18. The molecule has 1 aromatic carbocycles. The van der Waals surface area contributed by atoms with Gasteiger partial charge in [0.25, 0.3) is 0 Å². The summed E-state index contributed by atoms with van der Waals surface area (Å²) in [5.74, 6) is 0.0331. The fourth-order valence-electron chi connectivity index (χ4n) is 2.66. The molecule has 0 saturated heterocycles. The molecule has 0 aliphatic heterocycles. The van der Waals surface area contributed by atoms with Gasteiger partial charge in [0.05, 0.1) is 12.6 Å². The molecule has 0 atom stereocenters. The third-order valence-corrected chi connectivity index (χ3v) is 3.71. The molecule has 3 aromatic heterocycles. The predicted octanol–water partition coefficient (Wildman–Crippen LogP) is 3.14. The van der Waals surface area contributed by atoms with E-state index in [2.05, 4.69) is 15.3 Å². The summed E-state index contributed by atoms with van der Waals surface area (Å²) in [6.07, 6.45) is 5.55. The lowest BCUT2D eigenvalue weighted by molar-refractivity contribution is -0.115. The molecule has 23 heavy (non-hydrogen) atoms. The van der Waals surface area contributed by atoms with E-state index in [4.69, 9.17) is 0 Å². The number of H-pyrrole nitrogens is 1. The number of rotatable bonds is 3. The van der Waals surface area contributed by atoms with Crippen LogP contribution in [0.3, 0.4) is 0 Å². The van der Waals surface area contributed by atoms with Crippen molar-refractivity contribution in [2.45, 2.75) is 6.42 Å². The minimum Gasteiger partial charge on any atom is -0.361 e. The van der Waals surface area contributed by atoms with E-state index in [-0.39, 0.29) is 18.1 Å². The Morgan fingerprint density at radius 1 is 1.30 bits per heavy atom. The molecule has 1 amide bonds. The first kappa shape index (κ1) is 13.5. The van der Waals surface area contributed by atoms with E-state index in [9.17, 15) is 9.18 Å². The van der Waals surface area contributed by atoms with E-state index in [1.54, 1.807) is 18.5 Å². The van der Waals surface area contributed by atoms with Gasteiger partial charge in [-0.3, -0.25) is 4.79 Å². The average molecular weight is 308 g/mol. The van der Waals surface area contributed by atoms with E-state index in [1.807, 2.05) is 28.8 Å². The third kappa shape index (κ3) is 2.55. The molecule has 5 nitrogen and oxygen atoms in total. The number of fused-ring (bicyclic) bond motifs is 2. The van der Waals surface area contributed by atoms with E-state index < -0.39 is 0 Å². The number of hydrogen-bond donors (Lipinski definition) is 2. The summed E-state index contributed by atoms with van der Waals surface area (Å²) in [6.45, 7) is 0. The van der Waals surface area contributed by atoms with Crippen LogP contribution in [0.4, 0.5) is 10.2 Å². The SMILES string of the molecule is O=C(Cc1c[nH]c2cc(F)ccc12)Nc1cn2ccccc2n1. The van der Waals surface area contributed by atoms with Gasteiger partial charge in [-0.1, -0.05) is 6.07 Å². The van der Waals surface area contributed by atoms with Crippen LogP contribution in [-0.2, 0) is 11.2 Å². The quantitative estimate of drug-likeness (QED) is 0.611. The number of pyridine rings is 1. The van der Waals surface area contributed by atoms with Gasteiger partial charge in [-0.15, -0.1) is 0 Å². The monoisotopic (exact) mass is 308 g/mol. The Kier molecular flexibility index (Phi) is 3.08. The van der Waals surface area contributed by atoms with Crippen molar-refractivity contribution in [1.29, 1.82) is 0 Å². The summed E-state index contributed by atoms with van der Waals surface area (Å²) < 4.78 is 15.0. The summed E-state index contributed by atoms with van der Waals surface area (Å²) in [4.78, 5) is 19.5. The molecular weight excluding hydrogens is 295 g/mol. The van der Waals surface area contributed by atoms with Crippen molar-refractivity contribution < 1.29 is 9.18 Å². The van der Waals surface area contributed by atoms with Gasteiger partial charge in [-0.05, 0) is 35.9 Å². The smallest absolute Gasteiger partial charge is 0.230 e. The molecule has 3 heterocycles. The lowest BCUT2D eigenvalue weighted by Crippen LogP contribution is -2.14. The zero-order chi connectivity index (χ0) is 15.8. The number of anilines is 1. The summed E-state index contributed by atoms with van der Waals surface area (Å²) >= 11 is 0. The number of hydrogen-bond acceptors (Lipinski definition) is 2. The standard InChI is InChI=1S/C17H13FN4O/c18-12-4-5-13-11(9-19-14(13)8-12)7-17(23)21-15-10-22-6-2-1-3-16(22)20-15/h1-6,8-10,19H,7H2,(H,21,23). The number of nitrogens with one attached hydrogen (secondary N) is 2. The highest BCUT2D eigenvalue weighted by atomic mass is 19.1. The molecule has 114 valence electrons. The summed E-state index contributed by atoms with van der Waals surface area (Å²) in [5.41, 5.74) is 2.27. The maximum Gasteiger partial charge on any atom is 0.230 e. The highest BCUT2D eigenvalue weighted by Crippen LogP contribution is 2.20. The Morgan fingerprint density at radius 2 is 2.22 bits per heavy atom. The number of halogens is 1. The minimum absolute atomic E-state index is 0.168. The topological polar surface area (TPSA) is 62.2 Å². The van der Waals surface area contributed by atoms with Crippen molar-refractivity contribution in [3.8, 4) is 0 Å². The normalized spacial score (nSPS) is 11.2.